The van der Waals surface area contributed by atoms with Crippen LogP contribution in [0.4, 0.5) is 0 Å². The number of nitrogens with zero attached hydrogens (tertiary/aromatic N) is 2. The van der Waals surface area contributed by atoms with Crippen LogP contribution in [0.5, 0.6) is 0 Å². The van der Waals surface area contributed by atoms with Crippen LogP contribution in [-0.2, 0) is 13.5 Å². The van der Waals surface area contributed by atoms with Gasteiger partial charge in [-0.1, -0.05) is 51.1 Å². The summed E-state index contributed by atoms with van der Waals surface area (Å²) in [5, 5.41) is 7.93. The SMILES string of the molecule is Cn1cc(CCNC(CC(C)(C)C)c2ccccc2)cn1. The second kappa shape index (κ2) is 6.90. The average molecular weight is 285 g/mol. The van der Waals surface area contributed by atoms with Crippen molar-refractivity contribution in [1.82, 2.24) is 15.1 Å². The zero-order valence-electron chi connectivity index (χ0n) is 13.6. The summed E-state index contributed by atoms with van der Waals surface area (Å²) in [6, 6.07) is 11.2. The highest BCUT2D eigenvalue weighted by molar-refractivity contribution is 5.19. The van der Waals surface area contributed by atoms with E-state index in [9.17, 15) is 0 Å². The van der Waals surface area contributed by atoms with Crippen molar-refractivity contribution in [1.29, 1.82) is 0 Å². The Morgan fingerprint density at radius 2 is 1.90 bits per heavy atom. The summed E-state index contributed by atoms with van der Waals surface area (Å²) in [6.45, 7) is 7.87. The van der Waals surface area contributed by atoms with Crippen molar-refractivity contribution < 1.29 is 0 Å². The smallest absolute Gasteiger partial charge is 0.0522 e. The molecule has 0 bridgehead atoms. The van der Waals surface area contributed by atoms with Crippen LogP contribution in [0.25, 0.3) is 0 Å². The van der Waals surface area contributed by atoms with E-state index in [0.717, 1.165) is 19.4 Å². The van der Waals surface area contributed by atoms with Crippen molar-refractivity contribution in [3.8, 4) is 0 Å². The molecule has 0 saturated carbocycles. The van der Waals surface area contributed by atoms with Crippen LogP contribution in [0.1, 0.15) is 44.4 Å². The van der Waals surface area contributed by atoms with Crippen LogP contribution < -0.4 is 5.32 Å². The maximum atomic E-state index is 4.22. The minimum atomic E-state index is 0.307. The lowest BCUT2D eigenvalue weighted by molar-refractivity contribution is 0.312. The summed E-state index contributed by atoms with van der Waals surface area (Å²) < 4.78 is 1.86. The lowest BCUT2D eigenvalue weighted by atomic mass is 9.85. The fourth-order valence-corrected chi connectivity index (χ4v) is 2.60. The third-order valence-corrected chi connectivity index (χ3v) is 3.58. The Kier molecular flexibility index (Phi) is 5.18. The summed E-state index contributed by atoms with van der Waals surface area (Å²) in [5.74, 6) is 0. The standard InChI is InChI=1S/C18H27N3/c1-18(2,3)12-17(16-8-6-5-7-9-16)19-11-10-15-13-20-21(4)14-15/h5-9,13-14,17,19H,10-12H2,1-4H3. The Morgan fingerprint density at radius 3 is 2.48 bits per heavy atom. The molecule has 2 rings (SSSR count). The van der Waals surface area contributed by atoms with Crippen LogP contribution in [0.15, 0.2) is 42.7 Å². The van der Waals surface area contributed by atoms with Crippen LogP contribution in [0.2, 0.25) is 0 Å². The first-order valence-corrected chi connectivity index (χ1v) is 7.70. The second-order valence-electron chi connectivity index (χ2n) is 6.95. The van der Waals surface area contributed by atoms with Crippen LogP contribution in [0.3, 0.4) is 0 Å². The molecule has 0 radical (unpaired) electrons. The van der Waals surface area contributed by atoms with Gasteiger partial charge in [0.25, 0.3) is 0 Å². The first-order chi connectivity index (χ1) is 9.94. The topological polar surface area (TPSA) is 29.9 Å². The highest BCUT2D eigenvalue weighted by Gasteiger charge is 2.19. The molecule has 0 aliphatic heterocycles. The number of nitrogens with one attached hydrogen (secondary N) is 1. The van der Waals surface area contributed by atoms with E-state index in [0.29, 0.717) is 11.5 Å². The molecule has 0 amide bonds. The van der Waals surface area contributed by atoms with Crippen molar-refractivity contribution in [2.75, 3.05) is 6.54 Å². The molecule has 3 heteroatoms. The van der Waals surface area contributed by atoms with Gasteiger partial charge in [0, 0.05) is 19.3 Å². The van der Waals surface area contributed by atoms with Gasteiger partial charge in [0.15, 0.2) is 0 Å². The zero-order chi connectivity index (χ0) is 15.3. The van der Waals surface area contributed by atoms with E-state index in [-0.39, 0.29) is 0 Å². The molecule has 0 spiro atoms. The van der Waals surface area contributed by atoms with Crippen molar-refractivity contribution in [3.63, 3.8) is 0 Å². The number of hydrogen-bond donors (Lipinski definition) is 1. The molecule has 1 heterocycles. The second-order valence-corrected chi connectivity index (χ2v) is 6.95. The van der Waals surface area contributed by atoms with Crippen molar-refractivity contribution in [2.24, 2.45) is 12.5 Å². The van der Waals surface area contributed by atoms with Gasteiger partial charge in [-0.2, -0.15) is 5.10 Å². The van der Waals surface area contributed by atoms with E-state index in [1.54, 1.807) is 0 Å². The first kappa shape index (κ1) is 15.8. The lowest BCUT2D eigenvalue weighted by Gasteiger charge is -2.27. The molecule has 21 heavy (non-hydrogen) atoms. The van der Waals surface area contributed by atoms with E-state index in [1.807, 2.05) is 17.9 Å². The molecular formula is C18H27N3. The third kappa shape index (κ3) is 5.35. The summed E-state index contributed by atoms with van der Waals surface area (Å²) in [7, 11) is 1.96. The molecule has 1 aromatic carbocycles. The highest BCUT2D eigenvalue weighted by atomic mass is 15.2. The van der Waals surface area contributed by atoms with Gasteiger partial charge in [0.05, 0.1) is 6.20 Å². The molecule has 0 aliphatic rings. The molecule has 114 valence electrons. The Balaban J connectivity index is 1.96. The van der Waals surface area contributed by atoms with Gasteiger partial charge in [-0.05, 0) is 35.9 Å². The van der Waals surface area contributed by atoms with Gasteiger partial charge in [-0.25, -0.2) is 0 Å². The van der Waals surface area contributed by atoms with Crippen molar-refractivity contribution >= 4 is 0 Å². The maximum absolute atomic E-state index is 4.22. The van der Waals surface area contributed by atoms with Gasteiger partial charge >= 0.3 is 0 Å². The van der Waals surface area contributed by atoms with Gasteiger partial charge in [-0.15, -0.1) is 0 Å². The molecule has 1 unspecified atom stereocenters. The number of hydrogen-bond acceptors (Lipinski definition) is 2. The van der Waals surface area contributed by atoms with Crippen LogP contribution in [0, 0.1) is 5.41 Å². The predicted octanol–water partition coefficient (Wildman–Crippen LogP) is 3.73. The van der Waals surface area contributed by atoms with Gasteiger partial charge < -0.3 is 5.32 Å². The van der Waals surface area contributed by atoms with E-state index in [2.05, 4.69) is 67.7 Å². The molecule has 1 N–H and O–H groups in total. The molecule has 0 fully saturated rings. The molecule has 3 nitrogen and oxygen atoms in total. The normalized spacial score (nSPS) is 13.3. The fourth-order valence-electron chi connectivity index (χ4n) is 2.60. The Hall–Kier alpha value is -1.61. The monoisotopic (exact) mass is 285 g/mol. The Bertz CT molecular complexity index is 537. The first-order valence-electron chi connectivity index (χ1n) is 7.70. The van der Waals surface area contributed by atoms with E-state index in [4.69, 9.17) is 0 Å². The minimum absolute atomic E-state index is 0.307. The number of benzene rings is 1. The summed E-state index contributed by atoms with van der Waals surface area (Å²) in [4.78, 5) is 0. The molecule has 2 aromatic rings. The van der Waals surface area contributed by atoms with E-state index >= 15 is 0 Å². The lowest BCUT2D eigenvalue weighted by Crippen LogP contribution is -2.27. The molecule has 0 aliphatic carbocycles. The van der Waals surface area contributed by atoms with E-state index < -0.39 is 0 Å². The Labute approximate surface area is 128 Å². The predicted molar refractivity (Wildman–Crippen MR) is 88.2 cm³/mol. The highest BCUT2D eigenvalue weighted by Crippen LogP contribution is 2.29. The van der Waals surface area contributed by atoms with Crippen LogP contribution >= 0.6 is 0 Å². The quantitative estimate of drug-likeness (QED) is 0.876. The maximum Gasteiger partial charge on any atom is 0.0522 e. The number of aromatic nitrogens is 2. The van der Waals surface area contributed by atoms with Gasteiger partial charge in [-0.3, -0.25) is 4.68 Å². The Morgan fingerprint density at radius 1 is 1.19 bits per heavy atom. The number of rotatable bonds is 6. The zero-order valence-corrected chi connectivity index (χ0v) is 13.6. The molecular weight excluding hydrogens is 258 g/mol. The van der Waals surface area contributed by atoms with Gasteiger partial charge in [0.1, 0.15) is 0 Å². The van der Waals surface area contributed by atoms with Crippen molar-refractivity contribution in [3.05, 3.63) is 53.9 Å². The number of aryl methyl sites for hydroxylation is 1. The van der Waals surface area contributed by atoms with Gasteiger partial charge in [0.2, 0.25) is 0 Å². The van der Waals surface area contributed by atoms with Crippen molar-refractivity contribution in [2.45, 2.75) is 39.7 Å². The summed E-state index contributed by atoms with van der Waals surface area (Å²) in [6.07, 6.45) is 6.18. The molecule has 0 saturated heterocycles. The summed E-state index contributed by atoms with van der Waals surface area (Å²) >= 11 is 0. The molecule has 1 atom stereocenters. The molecule has 1 aromatic heterocycles. The third-order valence-electron chi connectivity index (χ3n) is 3.58. The minimum Gasteiger partial charge on any atom is -0.310 e. The fraction of sp³-hybridized carbons (Fsp3) is 0.500. The summed E-state index contributed by atoms with van der Waals surface area (Å²) in [5.41, 5.74) is 2.97. The van der Waals surface area contributed by atoms with E-state index in [1.165, 1.54) is 11.1 Å². The largest absolute Gasteiger partial charge is 0.310 e. The average Bonchev–Trinajstić information content (AvgIpc) is 2.83. The van der Waals surface area contributed by atoms with Crippen LogP contribution in [-0.4, -0.2) is 16.3 Å².